The molecule has 6 heteroatoms. The largest absolute Gasteiger partial charge is 0.311 e. The highest BCUT2D eigenvalue weighted by Crippen LogP contribution is 2.28. The van der Waals surface area contributed by atoms with Crippen molar-refractivity contribution in [3.63, 3.8) is 0 Å². The van der Waals surface area contributed by atoms with E-state index in [9.17, 15) is 0 Å². The number of nitrogens with one attached hydrogen (secondary N) is 1. The first-order valence-electron chi connectivity index (χ1n) is 5.78. The van der Waals surface area contributed by atoms with E-state index in [1.807, 2.05) is 24.4 Å². The standard InChI is InChI=1S/C12H14BrClN4/c1-2-6-15-7-9-8-18(17-16-9)11-5-3-4-10(14)12(11)13/h3-5,8,15H,2,6-7H2,1H3. The van der Waals surface area contributed by atoms with E-state index < -0.39 is 0 Å². The lowest BCUT2D eigenvalue weighted by atomic mass is 10.3. The Morgan fingerprint density at radius 2 is 2.28 bits per heavy atom. The highest BCUT2D eigenvalue weighted by molar-refractivity contribution is 9.10. The van der Waals surface area contributed by atoms with Crippen molar-refractivity contribution in [1.29, 1.82) is 0 Å². The molecule has 96 valence electrons. The van der Waals surface area contributed by atoms with E-state index in [1.165, 1.54) is 0 Å². The summed E-state index contributed by atoms with van der Waals surface area (Å²) in [5.41, 5.74) is 1.80. The van der Waals surface area contributed by atoms with Gasteiger partial charge in [0, 0.05) is 6.54 Å². The minimum Gasteiger partial charge on any atom is -0.311 e. The molecule has 0 aliphatic carbocycles. The molecule has 2 aromatic rings. The van der Waals surface area contributed by atoms with Gasteiger partial charge < -0.3 is 5.32 Å². The molecule has 0 unspecified atom stereocenters. The summed E-state index contributed by atoms with van der Waals surface area (Å²) in [6.45, 7) is 3.84. The van der Waals surface area contributed by atoms with E-state index in [4.69, 9.17) is 11.6 Å². The fourth-order valence-electron chi connectivity index (χ4n) is 1.56. The Kier molecular flexibility index (Phi) is 4.74. The fraction of sp³-hybridized carbons (Fsp3) is 0.333. The number of hydrogen-bond donors (Lipinski definition) is 1. The molecule has 18 heavy (non-hydrogen) atoms. The smallest absolute Gasteiger partial charge is 0.0969 e. The SMILES string of the molecule is CCCNCc1cn(-c2cccc(Cl)c2Br)nn1. The first kappa shape index (κ1) is 13.5. The Morgan fingerprint density at radius 3 is 3.06 bits per heavy atom. The molecule has 1 aromatic carbocycles. The van der Waals surface area contributed by atoms with Crippen molar-refractivity contribution in [2.24, 2.45) is 0 Å². The van der Waals surface area contributed by atoms with Crippen molar-refractivity contribution in [3.05, 3.63) is 39.6 Å². The summed E-state index contributed by atoms with van der Waals surface area (Å²) in [5.74, 6) is 0. The van der Waals surface area contributed by atoms with Gasteiger partial charge in [0.1, 0.15) is 0 Å². The molecule has 0 bridgehead atoms. The molecule has 0 radical (unpaired) electrons. The van der Waals surface area contributed by atoms with Crippen molar-refractivity contribution < 1.29 is 0 Å². The molecule has 0 spiro atoms. The van der Waals surface area contributed by atoms with Crippen LogP contribution in [0.4, 0.5) is 0 Å². The van der Waals surface area contributed by atoms with Crippen LogP contribution in [0.25, 0.3) is 5.69 Å². The number of rotatable bonds is 5. The molecule has 1 heterocycles. The Morgan fingerprint density at radius 1 is 1.44 bits per heavy atom. The van der Waals surface area contributed by atoms with Crippen molar-refractivity contribution in [1.82, 2.24) is 20.3 Å². The van der Waals surface area contributed by atoms with Crippen molar-refractivity contribution in [2.45, 2.75) is 19.9 Å². The second-order valence-corrected chi connectivity index (χ2v) is 5.10. The molecule has 0 aliphatic heterocycles. The highest BCUT2D eigenvalue weighted by Gasteiger charge is 2.08. The summed E-state index contributed by atoms with van der Waals surface area (Å²) in [6, 6.07) is 5.66. The van der Waals surface area contributed by atoms with Crippen LogP contribution in [0.2, 0.25) is 5.02 Å². The van der Waals surface area contributed by atoms with E-state index in [2.05, 4.69) is 38.5 Å². The molecule has 0 atom stereocenters. The molecule has 0 amide bonds. The molecule has 0 saturated carbocycles. The number of aromatic nitrogens is 3. The van der Waals surface area contributed by atoms with Crippen molar-refractivity contribution in [2.75, 3.05) is 6.54 Å². The topological polar surface area (TPSA) is 42.7 Å². The second kappa shape index (κ2) is 6.31. The average molecular weight is 330 g/mol. The molecule has 1 N–H and O–H groups in total. The predicted molar refractivity (Wildman–Crippen MR) is 76.1 cm³/mol. The van der Waals surface area contributed by atoms with Crippen LogP contribution in [-0.4, -0.2) is 21.5 Å². The van der Waals surface area contributed by atoms with Gasteiger partial charge in [-0.05, 0) is 41.0 Å². The zero-order valence-electron chi connectivity index (χ0n) is 10.0. The lowest BCUT2D eigenvalue weighted by molar-refractivity contribution is 0.662. The van der Waals surface area contributed by atoms with Crippen LogP contribution in [0, 0.1) is 0 Å². The zero-order valence-corrected chi connectivity index (χ0v) is 12.4. The lowest BCUT2D eigenvalue weighted by Crippen LogP contribution is -2.13. The van der Waals surface area contributed by atoms with Crippen LogP contribution in [0.1, 0.15) is 19.0 Å². The number of hydrogen-bond acceptors (Lipinski definition) is 3. The van der Waals surface area contributed by atoms with Crippen LogP contribution in [0.3, 0.4) is 0 Å². The van der Waals surface area contributed by atoms with Gasteiger partial charge in [-0.3, -0.25) is 0 Å². The van der Waals surface area contributed by atoms with Gasteiger partial charge in [-0.1, -0.05) is 29.8 Å². The third-order valence-corrected chi connectivity index (χ3v) is 3.83. The number of halogens is 2. The van der Waals surface area contributed by atoms with Gasteiger partial charge in [-0.25, -0.2) is 4.68 Å². The summed E-state index contributed by atoms with van der Waals surface area (Å²) in [7, 11) is 0. The van der Waals surface area contributed by atoms with Gasteiger partial charge in [0.05, 0.1) is 27.1 Å². The Bertz CT molecular complexity index is 527. The molecule has 2 rings (SSSR count). The molecule has 0 saturated heterocycles. The maximum Gasteiger partial charge on any atom is 0.0969 e. The third-order valence-electron chi connectivity index (χ3n) is 2.45. The van der Waals surface area contributed by atoms with E-state index in [-0.39, 0.29) is 0 Å². The summed E-state index contributed by atoms with van der Waals surface area (Å²) < 4.78 is 2.54. The third kappa shape index (κ3) is 3.10. The first-order chi connectivity index (χ1) is 8.72. The molecular formula is C12H14BrClN4. The Balaban J connectivity index is 2.16. The molecular weight excluding hydrogens is 316 g/mol. The van der Waals surface area contributed by atoms with Crippen LogP contribution >= 0.6 is 27.5 Å². The van der Waals surface area contributed by atoms with Crippen molar-refractivity contribution >= 4 is 27.5 Å². The lowest BCUT2D eigenvalue weighted by Gasteiger charge is -2.04. The molecule has 0 aliphatic rings. The van der Waals surface area contributed by atoms with Gasteiger partial charge >= 0.3 is 0 Å². The zero-order chi connectivity index (χ0) is 13.0. The van der Waals surface area contributed by atoms with Gasteiger partial charge in [-0.15, -0.1) is 5.10 Å². The molecule has 4 nitrogen and oxygen atoms in total. The van der Waals surface area contributed by atoms with Crippen molar-refractivity contribution in [3.8, 4) is 5.69 Å². The summed E-state index contributed by atoms with van der Waals surface area (Å²) >= 11 is 9.51. The van der Waals surface area contributed by atoms with Gasteiger partial charge in [-0.2, -0.15) is 0 Å². The van der Waals surface area contributed by atoms with E-state index >= 15 is 0 Å². The normalized spacial score (nSPS) is 10.8. The van der Waals surface area contributed by atoms with Crippen LogP contribution in [0.5, 0.6) is 0 Å². The summed E-state index contributed by atoms with van der Waals surface area (Å²) in [6.07, 6.45) is 3.01. The predicted octanol–water partition coefficient (Wildman–Crippen LogP) is 3.18. The molecule has 1 aromatic heterocycles. The minimum atomic E-state index is 0.661. The quantitative estimate of drug-likeness (QED) is 0.857. The maximum absolute atomic E-state index is 6.05. The van der Waals surface area contributed by atoms with Gasteiger partial charge in [0.2, 0.25) is 0 Å². The average Bonchev–Trinajstić information content (AvgIpc) is 2.82. The second-order valence-electron chi connectivity index (χ2n) is 3.90. The Labute approximate surface area is 119 Å². The van der Waals surface area contributed by atoms with E-state index in [0.717, 1.165) is 35.4 Å². The summed E-state index contributed by atoms with van der Waals surface area (Å²) in [4.78, 5) is 0. The van der Waals surface area contributed by atoms with Crippen LogP contribution in [-0.2, 0) is 6.54 Å². The maximum atomic E-state index is 6.05. The monoisotopic (exact) mass is 328 g/mol. The van der Waals surface area contributed by atoms with E-state index in [1.54, 1.807) is 4.68 Å². The molecule has 0 fully saturated rings. The van der Waals surface area contributed by atoms with E-state index in [0.29, 0.717) is 5.02 Å². The Hall–Kier alpha value is -0.910. The van der Waals surface area contributed by atoms with Crippen LogP contribution in [0.15, 0.2) is 28.9 Å². The highest BCUT2D eigenvalue weighted by atomic mass is 79.9. The van der Waals surface area contributed by atoms with Crippen LogP contribution < -0.4 is 5.32 Å². The number of benzene rings is 1. The fourth-order valence-corrected chi connectivity index (χ4v) is 2.18. The summed E-state index contributed by atoms with van der Waals surface area (Å²) in [5, 5.41) is 12.2. The first-order valence-corrected chi connectivity index (χ1v) is 6.95. The minimum absolute atomic E-state index is 0.661. The van der Waals surface area contributed by atoms with Gasteiger partial charge in [0.25, 0.3) is 0 Å². The number of nitrogens with zero attached hydrogens (tertiary/aromatic N) is 3. The van der Waals surface area contributed by atoms with Gasteiger partial charge in [0.15, 0.2) is 0 Å².